The SMILES string of the molecule is Cc1cnc2c(c1)=CCC=CC=2. The van der Waals surface area contributed by atoms with Crippen molar-refractivity contribution in [3.05, 3.63) is 40.5 Å². The molecule has 1 aliphatic carbocycles. The molecule has 0 aliphatic heterocycles. The van der Waals surface area contributed by atoms with Crippen LogP contribution in [0.2, 0.25) is 0 Å². The minimum absolute atomic E-state index is 1.01. The van der Waals surface area contributed by atoms with Crippen LogP contribution >= 0.6 is 0 Å². The smallest absolute Gasteiger partial charge is 0.0698 e. The van der Waals surface area contributed by atoms with E-state index in [0.29, 0.717) is 0 Å². The topological polar surface area (TPSA) is 12.9 Å². The van der Waals surface area contributed by atoms with Gasteiger partial charge in [0.2, 0.25) is 0 Å². The van der Waals surface area contributed by atoms with Gasteiger partial charge in [-0.2, -0.15) is 0 Å². The summed E-state index contributed by atoms with van der Waals surface area (Å²) in [5, 5.41) is 2.33. The molecular formula is C11H11N. The molecule has 0 bridgehead atoms. The fourth-order valence-corrected chi connectivity index (χ4v) is 1.34. The minimum atomic E-state index is 1.01. The van der Waals surface area contributed by atoms with Gasteiger partial charge in [0.15, 0.2) is 0 Å². The van der Waals surface area contributed by atoms with Crippen LogP contribution in [0, 0.1) is 6.92 Å². The molecule has 0 saturated heterocycles. The lowest BCUT2D eigenvalue weighted by Crippen LogP contribution is -2.27. The number of hydrogen-bond donors (Lipinski definition) is 0. The predicted octanol–water partition coefficient (Wildman–Crippen LogP) is 0.911. The lowest BCUT2D eigenvalue weighted by atomic mass is 10.2. The highest BCUT2D eigenvalue weighted by Crippen LogP contribution is 1.90. The van der Waals surface area contributed by atoms with Gasteiger partial charge in [0, 0.05) is 6.20 Å². The van der Waals surface area contributed by atoms with Crippen molar-refractivity contribution < 1.29 is 0 Å². The second-order valence-corrected chi connectivity index (χ2v) is 3.02. The van der Waals surface area contributed by atoms with E-state index in [-0.39, 0.29) is 0 Å². The lowest BCUT2D eigenvalue weighted by Gasteiger charge is -1.91. The van der Waals surface area contributed by atoms with E-state index in [1.165, 1.54) is 10.8 Å². The Labute approximate surface area is 71.8 Å². The number of nitrogens with zero attached hydrogens (tertiary/aromatic N) is 1. The molecule has 0 saturated carbocycles. The molecule has 0 atom stereocenters. The van der Waals surface area contributed by atoms with Crippen LogP contribution in [0.4, 0.5) is 0 Å². The number of fused-ring (bicyclic) bond motifs is 1. The number of allylic oxidation sites excluding steroid dienone is 2. The maximum Gasteiger partial charge on any atom is 0.0698 e. The van der Waals surface area contributed by atoms with Crippen LogP contribution in [0.25, 0.3) is 12.2 Å². The summed E-state index contributed by atoms with van der Waals surface area (Å²) < 4.78 is 0. The highest BCUT2D eigenvalue weighted by atomic mass is 14.6. The Morgan fingerprint density at radius 3 is 3.25 bits per heavy atom. The molecule has 1 aromatic rings. The molecule has 1 aromatic heterocycles. The fourth-order valence-electron chi connectivity index (χ4n) is 1.34. The first-order chi connectivity index (χ1) is 5.86. The van der Waals surface area contributed by atoms with Gasteiger partial charge in [0.05, 0.1) is 5.35 Å². The van der Waals surface area contributed by atoms with E-state index in [2.05, 4.69) is 42.3 Å². The molecule has 0 N–H and O–H groups in total. The van der Waals surface area contributed by atoms with Crippen LogP contribution in [0.1, 0.15) is 12.0 Å². The molecule has 0 radical (unpaired) electrons. The van der Waals surface area contributed by atoms with E-state index in [4.69, 9.17) is 0 Å². The maximum absolute atomic E-state index is 4.34. The number of rotatable bonds is 0. The number of aryl methyl sites for hydroxylation is 1. The molecule has 60 valence electrons. The van der Waals surface area contributed by atoms with Crippen molar-refractivity contribution in [3.63, 3.8) is 0 Å². The van der Waals surface area contributed by atoms with E-state index >= 15 is 0 Å². The van der Waals surface area contributed by atoms with E-state index in [1.807, 2.05) is 6.20 Å². The van der Waals surface area contributed by atoms with Gasteiger partial charge in [-0.25, -0.2) is 0 Å². The summed E-state index contributed by atoms with van der Waals surface area (Å²) in [5.74, 6) is 0. The Morgan fingerprint density at radius 1 is 1.42 bits per heavy atom. The summed E-state index contributed by atoms with van der Waals surface area (Å²) in [5.41, 5.74) is 1.22. The van der Waals surface area contributed by atoms with Crippen molar-refractivity contribution in [2.75, 3.05) is 0 Å². The highest BCUT2D eigenvalue weighted by molar-refractivity contribution is 5.42. The van der Waals surface area contributed by atoms with Gasteiger partial charge in [-0.3, -0.25) is 4.98 Å². The summed E-state index contributed by atoms with van der Waals surface area (Å²) in [6.07, 6.45) is 11.4. The van der Waals surface area contributed by atoms with Gasteiger partial charge < -0.3 is 0 Å². The second-order valence-electron chi connectivity index (χ2n) is 3.02. The number of aromatic nitrogens is 1. The summed E-state index contributed by atoms with van der Waals surface area (Å²) in [7, 11) is 0. The van der Waals surface area contributed by atoms with Crippen molar-refractivity contribution in [1.29, 1.82) is 0 Å². The van der Waals surface area contributed by atoms with Crippen LogP contribution < -0.4 is 10.6 Å². The van der Waals surface area contributed by atoms with Crippen LogP contribution in [-0.4, -0.2) is 4.98 Å². The van der Waals surface area contributed by atoms with Crippen molar-refractivity contribution in [2.24, 2.45) is 0 Å². The van der Waals surface area contributed by atoms with Gasteiger partial charge >= 0.3 is 0 Å². The summed E-state index contributed by atoms with van der Waals surface area (Å²) >= 11 is 0. The Kier molecular flexibility index (Phi) is 1.78. The molecule has 1 heterocycles. The van der Waals surface area contributed by atoms with Crippen LogP contribution in [0.5, 0.6) is 0 Å². The first-order valence-corrected chi connectivity index (χ1v) is 4.16. The molecule has 0 unspecified atom stereocenters. The largest absolute Gasteiger partial charge is 0.256 e. The molecule has 1 aliphatic rings. The average molecular weight is 157 g/mol. The van der Waals surface area contributed by atoms with E-state index in [0.717, 1.165) is 11.8 Å². The summed E-state index contributed by atoms with van der Waals surface area (Å²) in [6, 6.07) is 2.17. The Bertz CT molecular complexity index is 427. The molecule has 0 amide bonds. The van der Waals surface area contributed by atoms with Crippen LogP contribution in [-0.2, 0) is 0 Å². The molecular weight excluding hydrogens is 146 g/mol. The van der Waals surface area contributed by atoms with Gasteiger partial charge in [0.1, 0.15) is 0 Å². The zero-order valence-electron chi connectivity index (χ0n) is 7.12. The number of hydrogen-bond acceptors (Lipinski definition) is 1. The minimum Gasteiger partial charge on any atom is -0.256 e. The third kappa shape index (κ3) is 1.30. The number of pyridine rings is 1. The monoisotopic (exact) mass is 157 g/mol. The third-order valence-corrected chi connectivity index (χ3v) is 1.95. The lowest BCUT2D eigenvalue weighted by molar-refractivity contribution is 1.18. The van der Waals surface area contributed by atoms with Gasteiger partial charge in [0.25, 0.3) is 0 Å². The van der Waals surface area contributed by atoms with E-state index < -0.39 is 0 Å². The zero-order chi connectivity index (χ0) is 8.39. The molecule has 0 spiro atoms. The molecule has 0 fully saturated rings. The third-order valence-electron chi connectivity index (χ3n) is 1.95. The molecule has 0 aromatic carbocycles. The van der Waals surface area contributed by atoms with Crippen LogP contribution in [0.15, 0.2) is 24.4 Å². The zero-order valence-corrected chi connectivity index (χ0v) is 7.12. The molecule has 1 heteroatoms. The van der Waals surface area contributed by atoms with E-state index in [1.54, 1.807) is 0 Å². The normalized spacial score (nSPS) is 14.1. The first kappa shape index (κ1) is 7.29. The standard InChI is InChI=1S/C11H11N/c1-9-7-10-5-3-2-4-6-11(10)12-8-9/h2,4-8H,3H2,1H3. The van der Waals surface area contributed by atoms with Crippen molar-refractivity contribution in [3.8, 4) is 0 Å². The molecule has 12 heavy (non-hydrogen) atoms. The van der Waals surface area contributed by atoms with Crippen molar-refractivity contribution >= 4 is 12.2 Å². The summed E-state index contributed by atoms with van der Waals surface area (Å²) in [6.45, 7) is 2.07. The Balaban J connectivity index is 2.78. The quantitative estimate of drug-likeness (QED) is 0.545. The summed E-state index contributed by atoms with van der Waals surface area (Å²) in [4.78, 5) is 4.34. The Hall–Kier alpha value is -1.37. The fraction of sp³-hybridized carbons (Fsp3) is 0.182. The highest BCUT2D eigenvalue weighted by Gasteiger charge is 1.89. The van der Waals surface area contributed by atoms with Crippen LogP contribution in [0.3, 0.4) is 0 Å². The van der Waals surface area contributed by atoms with E-state index in [9.17, 15) is 0 Å². The average Bonchev–Trinajstić information content (AvgIpc) is 2.28. The van der Waals surface area contributed by atoms with Crippen molar-refractivity contribution in [2.45, 2.75) is 13.3 Å². The second kappa shape index (κ2) is 2.94. The Morgan fingerprint density at radius 2 is 2.33 bits per heavy atom. The van der Waals surface area contributed by atoms with Gasteiger partial charge in [-0.1, -0.05) is 18.2 Å². The van der Waals surface area contributed by atoms with Gasteiger partial charge in [-0.15, -0.1) is 0 Å². The maximum atomic E-state index is 4.34. The molecule has 2 rings (SSSR count). The van der Waals surface area contributed by atoms with Gasteiger partial charge in [-0.05, 0) is 36.3 Å². The van der Waals surface area contributed by atoms with Crippen molar-refractivity contribution in [1.82, 2.24) is 4.98 Å². The first-order valence-electron chi connectivity index (χ1n) is 4.16. The predicted molar refractivity (Wildman–Crippen MR) is 50.9 cm³/mol. The molecule has 1 nitrogen and oxygen atoms in total.